The van der Waals surface area contributed by atoms with Crippen LogP contribution in [0, 0.1) is 5.92 Å². The number of amides is 1. The maximum Gasteiger partial charge on any atom is 0.255 e. The molecule has 6 heteroatoms. The zero-order chi connectivity index (χ0) is 20.1. The lowest BCUT2D eigenvalue weighted by atomic mass is 9.95. The van der Waals surface area contributed by atoms with Crippen LogP contribution in [0.25, 0.3) is 0 Å². The van der Waals surface area contributed by atoms with Crippen LogP contribution >= 0.6 is 0 Å². The highest BCUT2D eigenvalue weighted by Crippen LogP contribution is 2.29. The molecule has 1 fully saturated rings. The van der Waals surface area contributed by atoms with E-state index in [0.29, 0.717) is 30.7 Å². The monoisotopic (exact) mass is 394 g/mol. The van der Waals surface area contributed by atoms with Crippen molar-refractivity contribution in [3.63, 3.8) is 0 Å². The van der Waals surface area contributed by atoms with Crippen LogP contribution in [0.3, 0.4) is 0 Å². The van der Waals surface area contributed by atoms with Crippen LogP contribution in [0.15, 0.2) is 42.7 Å². The number of carbonyl (C=O) groups excluding carboxylic acids is 1. The van der Waals surface area contributed by atoms with E-state index >= 15 is 0 Å². The molecule has 0 saturated carbocycles. The highest BCUT2D eigenvalue weighted by Gasteiger charge is 2.31. The summed E-state index contributed by atoms with van der Waals surface area (Å²) in [5, 5.41) is 7.65. The third kappa shape index (κ3) is 4.82. The fourth-order valence-electron chi connectivity index (χ4n) is 4.76. The normalized spacial score (nSPS) is 19.8. The number of nitrogens with zero attached hydrogens (tertiary/aromatic N) is 4. The number of fused-ring (bicyclic) bond motifs is 1. The number of methoxy groups -OCH3 is 1. The third-order valence-electron chi connectivity index (χ3n) is 6.26. The smallest absolute Gasteiger partial charge is 0.255 e. The molecule has 4 rings (SSSR count). The topological polar surface area (TPSA) is 58.6 Å². The van der Waals surface area contributed by atoms with E-state index in [-0.39, 0.29) is 5.91 Å². The lowest BCUT2D eigenvalue weighted by Gasteiger charge is -2.38. The van der Waals surface area contributed by atoms with E-state index in [4.69, 9.17) is 4.74 Å². The summed E-state index contributed by atoms with van der Waals surface area (Å²) in [6.07, 6.45) is 7.78. The SMILES string of the molecule is COCCN(CC1CCCN(C2Cc3ccccc3C2)C1)C(=O)c1ccnnc1. The average molecular weight is 395 g/mol. The minimum atomic E-state index is 0.0161. The molecule has 2 aliphatic rings. The Balaban J connectivity index is 1.39. The summed E-state index contributed by atoms with van der Waals surface area (Å²) in [6.45, 7) is 4.13. The Morgan fingerprint density at radius 2 is 2.00 bits per heavy atom. The van der Waals surface area contributed by atoms with E-state index in [1.807, 2.05) is 4.90 Å². The molecule has 1 aromatic heterocycles. The minimum absolute atomic E-state index is 0.0161. The Morgan fingerprint density at radius 3 is 2.69 bits per heavy atom. The van der Waals surface area contributed by atoms with E-state index < -0.39 is 0 Å². The molecule has 0 radical (unpaired) electrons. The number of ether oxygens (including phenoxy) is 1. The quantitative estimate of drug-likeness (QED) is 0.722. The summed E-state index contributed by atoms with van der Waals surface area (Å²) >= 11 is 0. The molecule has 0 spiro atoms. The highest BCUT2D eigenvalue weighted by molar-refractivity contribution is 5.93. The van der Waals surface area contributed by atoms with Gasteiger partial charge in [-0.2, -0.15) is 10.2 Å². The molecule has 154 valence electrons. The Hall–Kier alpha value is -2.31. The molecule has 1 aliphatic heterocycles. The second-order valence-corrected chi connectivity index (χ2v) is 8.21. The van der Waals surface area contributed by atoms with Gasteiger partial charge >= 0.3 is 0 Å². The molecule has 0 N–H and O–H groups in total. The first-order valence-electron chi connectivity index (χ1n) is 10.6. The maximum absolute atomic E-state index is 13.0. The first-order chi connectivity index (χ1) is 14.2. The Labute approximate surface area is 172 Å². The molecule has 2 heterocycles. The number of carbonyl (C=O) groups is 1. The summed E-state index contributed by atoms with van der Waals surface area (Å²) in [6, 6.07) is 11.2. The second-order valence-electron chi connectivity index (χ2n) is 8.21. The minimum Gasteiger partial charge on any atom is -0.383 e. The molecule has 1 unspecified atom stereocenters. The van der Waals surface area contributed by atoms with Crippen molar-refractivity contribution in [2.45, 2.75) is 31.7 Å². The van der Waals surface area contributed by atoms with Crippen molar-refractivity contribution < 1.29 is 9.53 Å². The molecule has 29 heavy (non-hydrogen) atoms. The summed E-state index contributed by atoms with van der Waals surface area (Å²) in [7, 11) is 1.68. The van der Waals surface area contributed by atoms with Crippen LogP contribution in [0.2, 0.25) is 0 Å². The van der Waals surface area contributed by atoms with Crippen molar-refractivity contribution in [3.8, 4) is 0 Å². The number of aromatic nitrogens is 2. The van der Waals surface area contributed by atoms with Gasteiger partial charge < -0.3 is 9.64 Å². The number of likely N-dealkylation sites (tertiary alicyclic amines) is 1. The first kappa shape index (κ1) is 20.0. The van der Waals surface area contributed by atoms with Crippen LogP contribution in [0.4, 0.5) is 0 Å². The molecule has 1 atom stereocenters. The Kier molecular flexibility index (Phi) is 6.52. The van der Waals surface area contributed by atoms with Gasteiger partial charge in [-0.15, -0.1) is 0 Å². The summed E-state index contributed by atoms with van der Waals surface area (Å²) in [4.78, 5) is 17.6. The van der Waals surface area contributed by atoms with Crippen LogP contribution in [-0.2, 0) is 17.6 Å². The molecule has 1 amide bonds. The Morgan fingerprint density at radius 1 is 1.21 bits per heavy atom. The third-order valence-corrected chi connectivity index (χ3v) is 6.26. The van der Waals surface area contributed by atoms with Crippen LogP contribution < -0.4 is 0 Å². The summed E-state index contributed by atoms with van der Waals surface area (Å²) in [5.74, 6) is 0.505. The van der Waals surface area contributed by atoms with Crippen molar-refractivity contribution in [2.24, 2.45) is 5.92 Å². The van der Waals surface area contributed by atoms with Crippen LogP contribution in [-0.4, -0.2) is 71.8 Å². The van der Waals surface area contributed by atoms with Crippen molar-refractivity contribution >= 4 is 5.91 Å². The predicted molar refractivity (Wildman–Crippen MR) is 112 cm³/mol. The fraction of sp³-hybridized carbons (Fsp3) is 0.522. The Bertz CT molecular complexity index is 789. The van der Waals surface area contributed by atoms with Gasteiger partial charge in [0.05, 0.1) is 24.6 Å². The molecule has 6 nitrogen and oxygen atoms in total. The predicted octanol–water partition coefficient (Wildman–Crippen LogP) is 2.44. The van der Waals surface area contributed by atoms with Gasteiger partial charge in [0.15, 0.2) is 0 Å². The van der Waals surface area contributed by atoms with Crippen molar-refractivity contribution in [1.82, 2.24) is 20.0 Å². The highest BCUT2D eigenvalue weighted by atomic mass is 16.5. The van der Waals surface area contributed by atoms with Gasteiger partial charge in [-0.25, -0.2) is 0 Å². The lowest BCUT2D eigenvalue weighted by Crippen LogP contribution is -2.47. The first-order valence-corrected chi connectivity index (χ1v) is 10.6. The average Bonchev–Trinajstić information content (AvgIpc) is 3.21. The van der Waals surface area contributed by atoms with Gasteiger partial charge in [0.2, 0.25) is 0 Å². The van der Waals surface area contributed by atoms with Gasteiger partial charge in [-0.1, -0.05) is 24.3 Å². The largest absolute Gasteiger partial charge is 0.383 e. The van der Waals surface area contributed by atoms with E-state index in [0.717, 1.165) is 32.5 Å². The molecule has 0 bridgehead atoms. The molecule has 1 aliphatic carbocycles. The number of piperidine rings is 1. The van der Waals surface area contributed by atoms with E-state index in [9.17, 15) is 4.79 Å². The lowest BCUT2D eigenvalue weighted by molar-refractivity contribution is 0.0573. The van der Waals surface area contributed by atoms with Gasteiger partial charge in [-0.05, 0) is 55.3 Å². The molecular formula is C23H30N4O2. The van der Waals surface area contributed by atoms with E-state index in [1.54, 1.807) is 25.6 Å². The number of hydrogen-bond acceptors (Lipinski definition) is 5. The standard InChI is InChI=1S/C23H30N4O2/c1-29-12-11-27(23(28)21-8-9-24-25-15-21)17-18-5-4-10-26(16-18)22-13-19-6-2-3-7-20(19)14-22/h2-3,6-9,15,18,22H,4-5,10-14,16-17H2,1H3. The van der Waals surface area contributed by atoms with Gasteiger partial charge in [0, 0.05) is 32.8 Å². The zero-order valence-electron chi connectivity index (χ0n) is 17.2. The van der Waals surface area contributed by atoms with Crippen molar-refractivity contribution in [2.75, 3.05) is 39.9 Å². The van der Waals surface area contributed by atoms with Crippen LogP contribution in [0.5, 0.6) is 0 Å². The van der Waals surface area contributed by atoms with Crippen molar-refractivity contribution in [3.05, 3.63) is 59.4 Å². The molecule has 1 saturated heterocycles. The maximum atomic E-state index is 13.0. The van der Waals surface area contributed by atoms with E-state index in [1.165, 1.54) is 24.0 Å². The van der Waals surface area contributed by atoms with Crippen molar-refractivity contribution in [1.29, 1.82) is 0 Å². The van der Waals surface area contributed by atoms with Gasteiger partial charge in [0.1, 0.15) is 0 Å². The van der Waals surface area contributed by atoms with Crippen LogP contribution in [0.1, 0.15) is 34.3 Å². The second kappa shape index (κ2) is 9.46. The van der Waals surface area contributed by atoms with Gasteiger partial charge in [0.25, 0.3) is 5.91 Å². The van der Waals surface area contributed by atoms with E-state index in [2.05, 4.69) is 39.4 Å². The number of rotatable bonds is 7. The summed E-state index contributed by atoms with van der Waals surface area (Å²) in [5.41, 5.74) is 3.60. The fourth-order valence-corrected chi connectivity index (χ4v) is 4.76. The molecular weight excluding hydrogens is 364 g/mol. The molecule has 1 aromatic carbocycles. The number of hydrogen-bond donors (Lipinski definition) is 0. The zero-order valence-corrected chi connectivity index (χ0v) is 17.2. The number of benzene rings is 1. The molecule has 2 aromatic rings. The summed E-state index contributed by atoms with van der Waals surface area (Å²) < 4.78 is 5.25. The van der Waals surface area contributed by atoms with Gasteiger partial charge in [-0.3, -0.25) is 9.69 Å².